The third-order valence-corrected chi connectivity index (χ3v) is 3.69. The predicted molar refractivity (Wildman–Crippen MR) is 83.2 cm³/mol. The molecule has 1 aromatic heterocycles. The molecule has 108 valence electrons. The van der Waals surface area contributed by atoms with Gasteiger partial charge in [-0.3, -0.25) is 0 Å². The molecule has 0 aliphatic heterocycles. The van der Waals surface area contributed by atoms with E-state index in [-0.39, 0.29) is 5.75 Å². The average molecular weight is 282 g/mol. The van der Waals surface area contributed by atoms with Crippen molar-refractivity contribution in [3.8, 4) is 11.5 Å². The third kappa shape index (κ3) is 2.58. The Bertz CT molecular complexity index is 778. The summed E-state index contributed by atoms with van der Waals surface area (Å²) in [5.74, 6) is 0.645. The van der Waals surface area contributed by atoms with Crippen molar-refractivity contribution in [1.82, 2.24) is 4.57 Å². The number of hydrogen-bond acceptors (Lipinski definition) is 3. The highest BCUT2D eigenvalue weighted by atomic mass is 16.5. The Labute approximate surface area is 123 Å². The van der Waals surface area contributed by atoms with Gasteiger partial charge >= 0.3 is 0 Å². The van der Waals surface area contributed by atoms with E-state index in [1.165, 1.54) is 0 Å². The molecule has 3 rings (SSSR count). The van der Waals surface area contributed by atoms with E-state index < -0.39 is 0 Å². The summed E-state index contributed by atoms with van der Waals surface area (Å²) in [5.41, 5.74) is 8.97. The Kier molecular flexibility index (Phi) is 3.54. The highest BCUT2D eigenvalue weighted by Crippen LogP contribution is 2.26. The molecule has 0 radical (unpaired) electrons. The van der Waals surface area contributed by atoms with Crippen molar-refractivity contribution in [2.45, 2.75) is 13.2 Å². The zero-order chi connectivity index (χ0) is 14.8. The molecule has 0 unspecified atom stereocenters. The maximum absolute atomic E-state index is 9.72. The van der Waals surface area contributed by atoms with Crippen LogP contribution < -0.4 is 10.5 Å². The Morgan fingerprint density at radius 3 is 2.71 bits per heavy atom. The maximum atomic E-state index is 9.72. The predicted octanol–water partition coefficient (Wildman–Crippen LogP) is 2.92. The second kappa shape index (κ2) is 5.50. The van der Waals surface area contributed by atoms with Gasteiger partial charge < -0.3 is 20.1 Å². The number of para-hydroxylation sites is 2. The van der Waals surface area contributed by atoms with Gasteiger partial charge in [-0.05, 0) is 35.2 Å². The fraction of sp³-hybridized carbons (Fsp3) is 0.176. The molecule has 0 saturated heterocycles. The first-order valence-electron chi connectivity index (χ1n) is 6.87. The van der Waals surface area contributed by atoms with Crippen LogP contribution >= 0.6 is 0 Å². The standard InChI is InChI=1S/C17H18N2O2/c1-19-14(11-21-17-5-3-2-4-16(17)20)9-13-7-6-12(10-18)8-15(13)19/h2-9,20H,10-11,18H2,1H3. The van der Waals surface area contributed by atoms with E-state index >= 15 is 0 Å². The van der Waals surface area contributed by atoms with Crippen molar-refractivity contribution in [2.75, 3.05) is 0 Å². The van der Waals surface area contributed by atoms with Gasteiger partial charge in [0.2, 0.25) is 0 Å². The van der Waals surface area contributed by atoms with E-state index in [9.17, 15) is 5.11 Å². The highest BCUT2D eigenvalue weighted by molar-refractivity contribution is 5.82. The number of phenolic OH excluding ortho intramolecular Hbond substituents is 1. The minimum atomic E-state index is 0.154. The van der Waals surface area contributed by atoms with Crippen LogP contribution in [0.4, 0.5) is 0 Å². The second-order valence-electron chi connectivity index (χ2n) is 5.05. The molecule has 0 atom stereocenters. The van der Waals surface area contributed by atoms with Crippen LogP contribution in [-0.2, 0) is 20.2 Å². The van der Waals surface area contributed by atoms with Gasteiger partial charge in [-0.25, -0.2) is 0 Å². The fourth-order valence-electron chi connectivity index (χ4n) is 2.43. The molecule has 0 amide bonds. The summed E-state index contributed by atoms with van der Waals surface area (Å²) in [7, 11) is 2.01. The van der Waals surface area contributed by atoms with Crippen molar-refractivity contribution in [2.24, 2.45) is 12.8 Å². The van der Waals surface area contributed by atoms with Gasteiger partial charge in [-0.15, -0.1) is 0 Å². The normalized spacial score (nSPS) is 11.0. The first-order valence-corrected chi connectivity index (χ1v) is 6.87. The van der Waals surface area contributed by atoms with Crippen LogP contribution in [0.1, 0.15) is 11.3 Å². The second-order valence-corrected chi connectivity index (χ2v) is 5.05. The number of nitrogens with two attached hydrogens (primary N) is 1. The van der Waals surface area contributed by atoms with Crippen molar-refractivity contribution in [3.63, 3.8) is 0 Å². The number of benzene rings is 2. The van der Waals surface area contributed by atoms with Crippen LogP contribution in [-0.4, -0.2) is 9.67 Å². The smallest absolute Gasteiger partial charge is 0.161 e. The average Bonchev–Trinajstić information content (AvgIpc) is 2.82. The summed E-state index contributed by atoms with van der Waals surface area (Å²) >= 11 is 0. The third-order valence-electron chi connectivity index (χ3n) is 3.69. The fourth-order valence-corrected chi connectivity index (χ4v) is 2.43. The molecule has 4 nitrogen and oxygen atoms in total. The van der Waals surface area contributed by atoms with Crippen molar-refractivity contribution >= 4 is 10.9 Å². The highest BCUT2D eigenvalue weighted by Gasteiger charge is 2.08. The quantitative estimate of drug-likeness (QED) is 0.773. The maximum Gasteiger partial charge on any atom is 0.161 e. The topological polar surface area (TPSA) is 60.4 Å². The van der Waals surface area contributed by atoms with Gasteiger partial charge in [-0.1, -0.05) is 24.3 Å². The van der Waals surface area contributed by atoms with Crippen LogP contribution in [0, 0.1) is 0 Å². The summed E-state index contributed by atoms with van der Waals surface area (Å²) < 4.78 is 7.79. The van der Waals surface area contributed by atoms with Crippen molar-refractivity contribution in [3.05, 3.63) is 59.8 Å². The lowest BCUT2D eigenvalue weighted by atomic mass is 10.1. The van der Waals surface area contributed by atoms with E-state index in [0.29, 0.717) is 18.9 Å². The molecule has 0 bridgehead atoms. The lowest BCUT2D eigenvalue weighted by molar-refractivity contribution is 0.282. The number of fused-ring (bicyclic) bond motifs is 1. The largest absolute Gasteiger partial charge is 0.504 e. The SMILES string of the molecule is Cn1c(COc2ccccc2O)cc2ccc(CN)cc21. The van der Waals surface area contributed by atoms with E-state index in [1.54, 1.807) is 18.2 Å². The zero-order valence-corrected chi connectivity index (χ0v) is 11.9. The first-order chi connectivity index (χ1) is 10.2. The van der Waals surface area contributed by atoms with Gasteiger partial charge in [0.05, 0.1) is 5.69 Å². The zero-order valence-electron chi connectivity index (χ0n) is 11.9. The lowest BCUT2D eigenvalue weighted by Gasteiger charge is -2.09. The van der Waals surface area contributed by atoms with E-state index in [2.05, 4.69) is 22.8 Å². The van der Waals surface area contributed by atoms with Gasteiger partial charge in [-0.2, -0.15) is 0 Å². The molecule has 0 aliphatic carbocycles. The monoisotopic (exact) mass is 282 g/mol. The van der Waals surface area contributed by atoms with Crippen LogP contribution in [0.25, 0.3) is 10.9 Å². The lowest BCUT2D eigenvalue weighted by Crippen LogP contribution is -2.02. The van der Waals surface area contributed by atoms with Gasteiger partial charge in [0.15, 0.2) is 11.5 Å². The molecular formula is C17H18N2O2. The molecule has 1 heterocycles. The van der Waals surface area contributed by atoms with Gasteiger partial charge in [0, 0.05) is 19.1 Å². The summed E-state index contributed by atoms with van der Waals surface area (Å²) in [6.07, 6.45) is 0. The van der Waals surface area contributed by atoms with Crippen LogP contribution in [0.3, 0.4) is 0 Å². The molecule has 2 aromatic carbocycles. The van der Waals surface area contributed by atoms with Crippen molar-refractivity contribution in [1.29, 1.82) is 0 Å². The molecule has 0 spiro atoms. The van der Waals surface area contributed by atoms with E-state index in [4.69, 9.17) is 10.5 Å². The summed E-state index contributed by atoms with van der Waals surface area (Å²) in [4.78, 5) is 0. The summed E-state index contributed by atoms with van der Waals surface area (Å²) in [5, 5.41) is 10.9. The minimum Gasteiger partial charge on any atom is -0.504 e. The van der Waals surface area contributed by atoms with Crippen LogP contribution in [0.5, 0.6) is 11.5 Å². The number of hydrogen-bond donors (Lipinski definition) is 2. The van der Waals surface area contributed by atoms with Gasteiger partial charge in [0.25, 0.3) is 0 Å². The minimum absolute atomic E-state index is 0.154. The number of nitrogens with zero attached hydrogens (tertiary/aromatic N) is 1. The molecular weight excluding hydrogens is 264 g/mol. The number of aromatic hydroxyl groups is 1. The molecule has 4 heteroatoms. The van der Waals surface area contributed by atoms with E-state index in [0.717, 1.165) is 22.2 Å². The molecule has 0 fully saturated rings. The number of phenols is 1. The number of aryl methyl sites for hydroxylation is 1. The molecule has 3 aromatic rings. The molecule has 3 N–H and O–H groups in total. The summed E-state index contributed by atoms with van der Waals surface area (Å²) in [6.45, 7) is 0.936. The molecule has 0 saturated carbocycles. The number of rotatable bonds is 4. The first kappa shape index (κ1) is 13.5. The van der Waals surface area contributed by atoms with Crippen LogP contribution in [0.15, 0.2) is 48.5 Å². The Hall–Kier alpha value is -2.46. The molecule has 21 heavy (non-hydrogen) atoms. The summed E-state index contributed by atoms with van der Waals surface area (Å²) in [6, 6.07) is 15.3. The molecule has 0 aliphatic rings. The number of aromatic nitrogens is 1. The Balaban J connectivity index is 1.87. The number of ether oxygens (including phenoxy) is 1. The van der Waals surface area contributed by atoms with Crippen molar-refractivity contribution < 1.29 is 9.84 Å². The Morgan fingerprint density at radius 1 is 1.14 bits per heavy atom. The van der Waals surface area contributed by atoms with Gasteiger partial charge in [0.1, 0.15) is 6.61 Å². The Morgan fingerprint density at radius 2 is 1.95 bits per heavy atom. The van der Waals surface area contributed by atoms with E-state index in [1.807, 2.05) is 19.2 Å². The van der Waals surface area contributed by atoms with Crippen LogP contribution in [0.2, 0.25) is 0 Å².